The van der Waals surface area contributed by atoms with Gasteiger partial charge in [0.25, 0.3) is 0 Å². The summed E-state index contributed by atoms with van der Waals surface area (Å²) in [7, 11) is 0. The highest BCUT2D eigenvalue weighted by Gasteiger charge is 2.17. The summed E-state index contributed by atoms with van der Waals surface area (Å²) in [4.78, 5) is 5.18. The Morgan fingerprint density at radius 2 is 1.78 bits per heavy atom. The molecule has 0 aromatic heterocycles. The maximum atomic E-state index is 6.20. The number of hydrogen-bond donors (Lipinski definition) is 1. The minimum atomic E-state index is -0.436. The van der Waals surface area contributed by atoms with Gasteiger partial charge >= 0.3 is 0 Å². The van der Waals surface area contributed by atoms with Gasteiger partial charge in [0.15, 0.2) is 7.89 Å². The molecule has 0 aliphatic heterocycles. The summed E-state index contributed by atoms with van der Waals surface area (Å²) in [6, 6.07) is 3.25. The molecule has 0 aliphatic carbocycles. The molecule has 11 heteroatoms. The summed E-state index contributed by atoms with van der Waals surface area (Å²) in [6.45, 7) is 1.05. The van der Waals surface area contributed by atoms with Gasteiger partial charge in [-0.2, -0.15) is 0 Å². The highest BCUT2D eigenvalue weighted by atomic mass is 80.0. The van der Waals surface area contributed by atoms with Crippen LogP contribution in [0.25, 0.3) is 0 Å². The van der Waals surface area contributed by atoms with Crippen molar-refractivity contribution < 1.29 is 14.3 Å². The van der Waals surface area contributed by atoms with Gasteiger partial charge in [-0.25, -0.2) is 0 Å². The van der Waals surface area contributed by atoms with Crippen molar-refractivity contribution in [2.45, 2.75) is 15.0 Å². The molecule has 0 saturated heterocycles. The summed E-state index contributed by atoms with van der Waals surface area (Å²) in [5.74, 6) is 0.919. The van der Waals surface area contributed by atoms with Crippen LogP contribution in [0.5, 0.6) is 11.5 Å². The monoisotopic (exact) mass is 647 g/mol. The standard InChI is InChI=1S/C16H16Br3Cl4NO3/c17-16(18,19)10-27-24-5-2-1-3-6-26-15-12(20)8-11(9-13(15)21)25-7-4-14(22)23/h2,4-5,8-9,24H,1,3,6-7,10H2. The van der Waals surface area contributed by atoms with E-state index in [1.54, 1.807) is 18.3 Å². The van der Waals surface area contributed by atoms with Crippen molar-refractivity contribution in [3.63, 3.8) is 0 Å². The molecule has 4 nitrogen and oxygen atoms in total. The molecule has 1 aromatic carbocycles. The van der Waals surface area contributed by atoms with Crippen LogP contribution >= 0.6 is 94.2 Å². The lowest BCUT2D eigenvalue weighted by molar-refractivity contribution is 0.0798. The van der Waals surface area contributed by atoms with Gasteiger partial charge in [0, 0.05) is 18.3 Å². The second kappa shape index (κ2) is 13.8. The highest BCUT2D eigenvalue weighted by molar-refractivity contribution is 9.39. The average Bonchev–Trinajstić information content (AvgIpc) is 2.54. The van der Waals surface area contributed by atoms with Gasteiger partial charge < -0.3 is 9.47 Å². The largest absolute Gasteiger partial charge is 0.490 e. The molecule has 0 radical (unpaired) electrons. The molecule has 0 spiro atoms. The van der Waals surface area contributed by atoms with E-state index in [-0.39, 0.29) is 11.1 Å². The Labute approximate surface area is 203 Å². The SMILES string of the molecule is ClC(Cl)=CCOc1cc(Cl)c(OCCCC=CNOCC(Br)(Br)Br)c(Cl)c1. The van der Waals surface area contributed by atoms with E-state index in [4.69, 9.17) is 60.7 Å². The summed E-state index contributed by atoms with van der Waals surface area (Å²) in [5.41, 5.74) is 2.71. The fraction of sp³-hybridized carbons (Fsp3) is 0.375. The minimum absolute atomic E-state index is 0.130. The van der Waals surface area contributed by atoms with Gasteiger partial charge in [-0.05, 0) is 18.9 Å². The van der Waals surface area contributed by atoms with Crippen LogP contribution in [-0.4, -0.2) is 22.0 Å². The van der Waals surface area contributed by atoms with Crippen molar-refractivity contribution in [2.75, 3.05) is 19.8 Å². The number of nitrogens with one attached hydrogen (secondary N) is 1. The van der Waals surface area contributed by atoms with Crippen molar-refractivity contribution in [3.8, 4) is 11.5 Å². The van der Waals surface area contributed by atoms with E-state index < -0.39 is 2.14 Å². The van der Waals surface area contributed by atoms with Crippen LogP contribution in [0.2, 0.25) is 10.0 Å². The molecular formula is C16H16Br3Cl4NO3. The Bertz CT molecular complexity index is 627. The number of allylic oxidation sites excluding steroid dienone is 1. The van der Waals surface area contributed by atoms with E-state index in [1.165, 1.54) is 6.08 Å². The predicted octanol–water partition coefficient (Wildman–Crippen LogP) is 7.72. The van der Waals surface area contributed by atoms with Gasteiger partial charge in [-0.3, -0.25) is 10.3 Å². The lowest BCUT2D eigenvalue weighted by Crippen LogP contribution is -2.17. The van der Waals surface area contributed by atoms with Crippen molar-refractivity contribution in [2.24, 2.45) is 0 Å². The van der Waals surface area contributed by atoms with E-state index in [9.17, 15) is 0 Å². The van der Waals surface area contributed by atoms with Gasteiger partial charge in [-0.1, -0.05) is 100 Å². The number of rotatable bonds is 11. The number of hydroxylamine groups is 1. The molecule has 0 atom stereocenters. The Morgan fingerprint density at radius 3 is 2.37 bits per heavy atom. The van der Waals surface area contributed by atoms with Gasteiger partial charge in [0.05, 0.1) is 16.7 Å². The normalized spacial score (nSPS) is 11.5. The third-order valence-electron chi connectivity index (χ3n) is 2.73. The van der Waals surface area contributed by atoms with Crippen LogP contribution in [0, 0.1) is 0 Å². The van der Waals surface area contributed by atoms with Gasteiger partial charge in [-0.15, -0.1) is 0 Å². The molecule has 0 saturated carbocycles. The topological polar surface area (TPSA) is 39.7 Å². The van der Waals surface area contributed by atoms with Crippen LogP contribution < -0.4 is 15.0 Å². The first-order valence-corrected chi connectivity index (χ1v) is 11.4. The molecule has 0 bridgehead atoms. The Morgan fingerprint density at radius 1 is 1.11 bits per heavy atom. The number of unbranched alkanes of at least 4 members (excludes halogenated alkanes) is 1. The molecule has 0 amide bonds. The summed E-state index contributed by atoms with van der Waals surface area (Å²) in [5, 5.41) is 0.735. The molecule has 0 heterocycles. The third-order valence-corrected chi connectivity index (χ3v) is 4.28. The van der Waals surface area contributed by atoms with E-state index in [0.29, 0.717) is 34.8 Å². The second-order valence-corrected chi connectivity index (χ2v) is 14.0. The summed E-state index contributed by atoms with van der Waals surface area (Å²) in [6.07, 6.45) is 6.73. The summed E-state index contributed by atoms with van der Waals surface area (Å²) >= 11 is 33.4. The second-order valence-electron chi connectivity index (χ2n) is 4.94. The predicted molar refractivity (Wildman–Crippen MR) is 124 cm³/mol. The zero-order valence-corrected chi connectivity index (χ0v) is 21.6. The molecule has 1 rings (SSSR count). The lowest BCUT2D eigenvalue weighted by Gasteiger charge is -2.12. The van der Waals surface area contributed by atoms with E-state index in [0.717, 1.165) is 12.8 Å². The highest BCUT2D eigenvalue weighted by Crippen LogP contribution is 2.37. The molecule has 1 aromatic rings. The zero-order chi connectivity index (χ0) is 20.3. The number of alkyl halides is 3. The van der Waals surface area contributed by atoms with Crippen LogP contribution in [0.1, 0.15) is 12.8 Å². The third kappa shape index (κ3) is 12.7. The van der Waals surface area contributed by atoms with Crippen LogP contribution in [0.15, 0.2) is 35.0 Å². The van der Waals surface area contributed by atoms with Crippen LogP contribution in [0.3, 0.4) is 0 Å². The van der Waals surface area contributed by atoms with Crippen molar-refractivity contribution in [1.82, 2.24) is 5.48 Å². The van der Waals surface area contributed by atoms with Crippen LogP contribution in [-0.2, 0) is 4.84 Å². The van der Waals surface area contributed by atoms with Gasteiger partial charge in [0.2, 0.25) is 0 Å². The van der Waals surface area contributed by atoms with E-state index in [2.05, 4.69) is 53.3 Å². The average molecular weight is 652 g/mol. The maximum Gasteiger partial charge on any atom is 0.160 e. The first-order valence-electron chi connectivity index (χ1n) is 7.54. The fourth-order valence-electron chi connectivity index (χ4n) is 1.64. The molecule has 0 fully saturated rings. The van der Waals surface area contributed by atoms with Gasteiger partial charge in [0.1, 0.15) is 23.5 Å². The zero-order valence-electron chi connectivity index (χ0n) is 13.8. The van der Waals surface area contributed by atoms with E-state index in [1.807, 2.05) is 6.08 Å². The first kappa shape index (κ1) is 25.7. The molecular weight excluding hydrogens is 636 g/mol. The first-order chi connectivity index (χ1) is 12.7. The molecule has 27 heavy (non-hydrogen) atoms. The molecule has 0 aliphatic rings. The smallest absolute Gasteiger partial charge is 0.160 e. The van der Waals surface area contributed by atoms with Crippen LogP contribution in [0.4, 0.5) is 0 Å². The number of benzene rings is 1. The summed E-state index contributed by atoms with van der Waals surface area (Å²) < 4.78 is 10.8. The lowest BCUT2D eigenvalue weighted by atomic mass is 10.3. The number of ether oxygens (including phenoxy) is 2. The maximum absolute atomic E-state index is 6.20. The fourth-order valence-corrected chi connectivity index (χ4v) is 2.68. The molecule has 0 unspecified atom stereocenters. The van der Waals surface area contributed by atoms with Crippen molar-refractivity contribution in [3.05, 3.63) is 45.0 Å². The Balaban J connectivity index is 2.33. The number of hydrogen-bond acceptors (Lipinski definition) is 4. The molecule has 152 valence electrons. The molecule has 1 N–H and O–H groups in total. The Kier molecular flexibility index (Phi) is 13.1. The quantitative estimate of drug-likeness (QED) is 0.151. The van der Waals surface area contributed by atoms with Crippen molar-refractivity contribution in [1.29, 1.82) is 0 Å². The minimum Gasteiger partial charge on any atom is -0.490 e. The Hall–Kier alpha value is 0.660. The number of halogens is 7. The van der Waals surface area contributed by atoms with E-state index >= 15 is 0 Å². The van der Waals surface area contributed by atoms with Crippen molar-refractivity contribution >= 4 is 94.2 Å².